The number of benzene rings is 3. The lowest BCUT2D eigenvalue weighted by Gasteiger charge is -2.30. The standard InChI is InChI=1S/C26H25FN2O4S/c1-17-5-3-4-6-22(17)19-11-13-29(14-12-19)24-10-9-21(16-23(24)26(30)31)28-34(32,33)25-15-20(27)8-7-18(25)2/h3-11,15-16,28H,12-14H2,1-2H3,(H,30,31). The molecule has 8 heteroatoms. The molecule has 0 bridgehead atoms. The number of carbonyl (C=O) groups is 1. The summed E-state index contributed by atoms with van der Waals surface area (Å²) in [4.78, 5) is 13.8. The van der Waals surface area contributed by atoms with Crippen LogP contribution < -0.4 is 9.62 Å². The molecule has 6 nitrogen and oxygen atoms in total. The molecule has 1 heterocycles. The van der Waals surface area contributed by atoms with Gasteiger partial charge < -0.3 is 10.0 Å². The van der Waals surface area contributed by atoms with Gasteiger partial charge in [-0.2, -0.15) is 0 Å². The van der Waals surface area contributed by atoms with Crippen LogP contribution in [-0.2, 0) is 10.0 Å². The van der Waals surface area contributed by atoms with Crippen molar-refractivity contribution in [1.29, 1.82) is 0 Å². The van der Waals surface area contributed by atoms with Crippen LogP contribution in [0.4, 0.5) is 15.8 Å². The van der Waals surface area contributed by atoms with E-state index in [1.165, 1.54) is 41.0 Å². The smallest absolute Gasteiger partial charge is 0.337 e. The number of hydrogen-bond acceptors (Lipinski definition) is 4. The summed E-state index contributed by atoms with van der Waals surface area (Å²) in [5, 5.41) is 9.81. The molecule has 34 heavy (non-hydrogen) atoms. The van der Waals surface area contributed by atoms with Gasteiger partial charge in [-0.3, -0.25) is 4.72 Å². The number of nitrogens with one attached hydrogen (secondary N) is 1. The van der Waals surface area contributed by atoms with Crippen LogP contribution in [0.2, 0.25) is 0 Å². The lowest BCUT2D eigenvalue weighted by molar-refractivity contribution is 0.0697. The lowest BCUT2D eigenvalue weighted by atomic mass is 9.95. The highest BCUT2D eigenvalue weighted by Gasteiger charge is 2.22. The number of carboxylic acids is 1. The fourth-order valence-electron chi connectivity index (χ4n) is 4.19. The molecule has 2 N–H and O–H groups in total. The quantitative estimate of drug-likeness (QED) is 0.504. The van der Waals surface area contributed by atoms with Gasteiger partial charge >= 0.3 is 5.97 Å². The summed E-state index contributed by atoms with van der Waals surface area (Å²) in [6, 6.07) is 16.1. The summed E-state index contributed by atoms with van der Waals surface area (Å²) in [6.45, 7) is 4.80. The van der Waals surface area contributed by atoms with Crippen LogP contribution in [0.25, 0.3) is 5.57 Å². The molecule has 176 valence electrons. The Balaban J connectivity index is 1.60. The molecule has 0 atom stereocenters. The zero-order valence-corrected chi connectivity index (χ0v) is 19.7. The number of rotatable bonds is 6. The molecule has 0 spiro atoms. The number of anilines is 2. The lowest BCUT2D eigenvalue weighted by Crippen LogP contribution is -2.30. The van der Waals surface area contributed by atoms with Crippen LogP contribution in [0.1, 0.15) is 33.5 Å². The fraction of sp³-hybridized carbons (Fsp3) is 0.192. The third-order valence-corrected chi connectivity index (χ3v) is 7.48. The second-order valence-electron chi connectivity index (χ2n) is 8.29. The van der Waals surface area contributed by atoms with Gasteiger partial charge in [0.2, 0.25) is 0 Å². The van der Waals surface area contributed by atoms with E-state index in [9.17, 15) is 22.7 Å². The van der Waals surface area contributed by atoms with Crippen molar-refractivity contribution in [2.45, 2.75) is 25.2 Å². The number of sulfonamides is 1. The van der Waals surface area contributed by atoms with E-state index in [2.05, 4.69) is 29.9 Å². The highest BCUT2D eigenvalue weighted by molar-refractivity contribution is 7.92. The number of aromatic carboxylic acids is 1. The topological polar surface area (TPSA) is 86.7 Å². The van der Waals surface area contributed by atoms with E-state index in [0.717, 1.165) is 12.5 Å². The summed E-state index contributed by atoms with van der Waals surface area (Å²) >= 11 is 0. The number of nitrogens with zero attached hydrogens (tertiary/aromatic N) is 1. The molecule has 0 saturated heterocycles. The van der Waals surface area contributed by atoms with Crippen molar-refractivity contribution in [2.75, 3.05) is 22.7 Å². The average Bonchev–Trinajstić information content (AvgIpc) is 2.81. The Labute approximate surface area is 198 Å². The van der Waals surface area contributed by atoms with Crippen molar-refractivity contribution in [3.8, 4) is 0 Å². The molecule has 0 fully saturated rings. The van der Waals surface area contributed by atoms with Gasteiger partial charge in [-0.05, 0) is 72.9 Å². The van der Waals surface area contributed by atoms with Gasteiger partial charge in [0, 0.05) is 18.8 Å². The number of aryl methyl sites for hydroxylation is 2. The highest BCUT2D eigenvalue weighted by Crippen LogP contribution is 2.31. The van der Waals surface area contributed by atoms with Gasteiger partial charge in [0.25, 0.3) is 10.0 Å². The van der Waals surface area contributed by atoms with Crippen molar-refractivity contribution >= 4 is 32.9 Å². The van der Waals surface area contributed by atoms with Crippen molar-refractivity contribution in [3.05, 3.63) is 94.8 Å². The zero-order valence-electron chi connectivity index (χ0n) is 18.9. The second-order valence-corrected chi connectivity index (χ2v) is 9.94. The van der Waals surface area contributed by atoms with E-state index in [4.69, 9.17) is 0 Å². The van der Waals surface area contributed by atoms with Crippen molar-refractivity contribution in [1.82, 2.24) is 0 Å². The molecule has 0 unspecified atom stereocenters. The van der Waals surface area contributed by atoms with Gasteiger partial charge in [0.05, 0.1) is 16.1 Å². The van der Waals surface area contributed by atoms with Crippen molar-refractivity contribution < 1.29 is 22.7 Å². The van der Waals surface area contributed by atoms with Gasteiger partial charge in [0.15, 0.2) is 0 Å². The first kappa shape index (κ1) is 23.5. The molecule has 3 aromatic rings. The summed E-state index contributed by atoms with van der Waals surface area (Å²) in [7, 11) is -4.09. The first-order valence-corrected chi connectivity index (χ1v) is 12.3. The predicted octanol–water partition coefficient (Wildman–Crippen LogP) is 5.24. The summed E-state index contributed by atoms with van der Waals surface area (Å²) in [5.41, 5.74) is 4.59. The van der Waals surface area contributed by atoms with E-state index >= 15 is 0 Å². The van der Waals surface area contributed by atoms with E-state index < -0.39 is 21.8 Å². The first-order valence-electron chi connectivity index (χ1n) is 10.8. The van der Waals surface area contributed by atoms with Crippen LogP contribution in [0.3, 0.4) is 0 Å². The molecular formula is C26H25FN2O4S. The normalized spacial score (nSPS) is 14.0. The minimum Gasteiger partial charge on any atom is -0.478 e. The molecule has 1 aliphatic rings. The van der Waals surface area contributed by atoms with E-state index in [-0.39, 0.29) is 16.1 Å². The minimum absolute atomic E-state index is 0.0103. The Morgan fingerprint density at radius 2 is 1.79 bits per heavy atom. The molecule has 0 aromatic heterocycles. The van der Waals surface area contributed by atoms with Crippen LogP contribution in [-0.4, -0.2) is 32.6 Å². The molecular weight excluding hydrogens is 455 g/mol. The minimum atomic E-state index is -4.09. The van der Waals surface area contributed by atoms with E-state index in [1.54, 1.807) is 13.0 Å². The van der Waals surface area contributed by atoms with E-state index in [0.29, 0.717) is 24.3 Å². The van der Waals surface area contributed by atoms with Gasteiger partial charge in [-0.15, -0.1) is 0 Å². The maximum absolute atomic E-state index is 13.6. The van der Waals surface area contributed by atoms with Crippen molar-refractivity contribution in [3.63, 3.8) is 0 Å². The molecule has 0 amide bonds. The molecule has 0 aliphatic carbocycles. The van der Waals surface area contributed by atoms with E-state index in [1.807, 2.05) is 17.0 Å². The van der Waals surface area contributed by atoms with Gasteiger partial charge in [-0.25, -0.2) is 17.6 Å². The third-order valence-electron chi connectivity index (χ3n) is 5.96. The van der Waals surface area contributed by atoms with Crippen LogP contribution >= 0.6 is 0 Å². The largest absolute Gasteiger partial charge is 0.478 e. The monoisotopic (exact) mass is 480 g/mol. The van der Waals surface area contributed by atoms with Gasteiger partial charge in [-0.1, -0.05) is 36.4 Å². The number of halogens is 1. The van der Waals surface area contributed by atoms with Crippen LogP contribution in [0.5, 0.6) is 0 Å². The van der Waals surface area contributed by atoms with Crippen LogP contribution in [0, 0.1) is 19.7 Å². The summed E-state index contributed by atoms with van der Waals surface area (Å²) < 4.78 is 41.6. The number of hydrogen-bond donors (Lipinski definition) is 2. The first-order chi connectivity index (χ1) is 16.2. The average molecular weight is 481 g/mol. The predicted molar refractivity (Wildman–Crippen MR) is 131 cm³/mol. The third kappa shape index (κ3) is 4.82. The Kier molecular flexibility index (Phi) is 6.43. The molecule has 0 saturated carbocycles. The zero-order chi connectivity index (χ0) is 24.5. The SMILES string of the molecule is Cc1ccccc1C1=CCN(c2ccc(NS(=O)(=O)c3cc(F)ccc3C)cc2C(=O)O)CC1. The Morgan fingerprint density at radius 3 is 2.47 bits per heavy atom. The molecule has 1 aliphatic heterocycles. The second kappa shape index (κ2) is 9.30. The maximum Gasteiger partial charge on any atom is 0.337 e. The Hall–Kier alpha value is -3.65. The summed E-state index contributed by atoms with van der Waals surface area (Å²) in [6.07, 6.45) is 2.86. The van der Waals surface area contributed by atoms with Crippen LogP contribution in [0.15, 0.2) is 71.6 Å². The highest BCUT2D eigenvalue weighted by atomic mass is 32.2. The Morgan fingerprint density at radius 1 is 1.03 bits per heavy atom. The molecule has 4 rings (SSSR count). The summed E-state index contributed by atoms with van der Waals surface area (Å²) in [5.74, 6) is -1.83. The molecule has 0 radical (unpaired) electrons. The Bertz CT molecular complexity index is 1400. The maximum atomic E-state index is 13.6. The fourth-order valence-corrected chi connectivity index (χ4v) is 5.49. The number of carboxylic acid groups (broad SMARTS) is 1. The van der Waals surface area contributed by atoms with Gasteiger partial charge in [0.1, 0.15) is 5.82 Å². The van der Waals surface area contributed by atoms with Crippen molar-refractivity contribution in [2.24, 2.45) is 0 Å². The molecule has 3 aromatic carbocycles.